The maximum Gasteiger partial charge on any atom is 0.242 e. The molecule has 0 aliphatic rings. The van der Waals surface area contributed by atoms with E-state index in [2.05, 4.69) is 20.7 Å². The zero-order valence-corrected chi connectivity index (χ0v) is 13.8. The Kier molecular flexibility index (Phi) is 4.88. The topological polar surface area (TPSA) is 72.2 Å². The van der Waals surface area contributed by atoms with Crippen LogP contribution >= 0.6 is 27.5 Å². The molecule has 0 radical (unpaired) electrons. The SMILES string of the molecule is Nc1ccc(Br)cc1S(=O)(=O)NCc1ccc(F)c(Cl)c1. The minimum Gasteiger partial charge on any atom is -0.398 e. The number of benzene rings is 2. The van der Waals surface area contributed by atoms with Gasteiger partial charge in [-0.1, -0.05) is 33.6 Å². The minimum absolute atomic E-state index is 0.0196. The predicted octanol–water partition coefficient (Wildman–Crippen LogP) is 3.30. The Balaban J connectivity index is 2.21. The van der Waals surface area contributed by atoms with Crippen molar-refractivity contribution in [3.63, 3.8) is 0 Å². The normalized spacial score (nSPS) is 11.6. The summed E-state index contributed by atoms with van der Waals surface area (Å²) in [6.45, 7) is -0.0196. The van der Waals surface area contributed by atoms with Crippen LogP contribution < -0.4 is 10.5 Å². The van der Waals surface area contributed by atoms with Crippen molar-refractivity contribution in [2.75, 3.05) is 5.73 Å². The van der Waals surface area contributed by atoms with Gasteiger partial charge in [0.1, 0.15) is 10.7 Å². The number of hydrogen-bond donors (Lipinski definition) is 2. The van der Waals surface area contributed by atoms with Crippen molar-refractivity contribution in [1.29, 1.82) is 0 Å². The molecule has 0 fully saturated rings. The van der Waals surface area contributed by atoms with Crippen LogP contribution in [0, 0.1) is 5.82 Å². The third-order valence-corrected chi connectivity index (χ3v) is 4.96. The third-order valence-electron chi connectivity index (χ3n) is 2.72. The summed E-state index contributed by atoms with van der Waals surface area (Å²) in [7, 11) is -3.78. The molecule has 2 aromatic carbocycles. The number of halogens is 3. The monoisotopic (exact) mass is 392 g/mol. The highest BCUT2D eigenvalue weighted by atomic mass is 79.9. The smallest absolute Gasteiger partial charge is 0.242 e. The number of nitrogens with two attached hydrogens (primary N) is 1. The van der Waals surface area contributed by atoms with Crippen LogP contribution in [-0.4, -0.2) is 8.42 Å². The average Bonchev–Trinajstić information content (AvgIpc) is 2.43. The Labute approximate surface area is 135 Å². The van der Waals surface area contributed by atoms with Crippen molar-refractivity contribution >= 4 is 43.2 Å². The number of nitrogens with one attached hydrogen (secondary N) is 1. The summed E-state index contributed by atoms with van der Waals surface area (Å²) in [5.74, 6) is -0.556. The molecule has 0 amide bonds. The molecule has 4 nitrogen and oxygen atoms in total. The van der Waals surface area contributed by atoms with E-state index in [1.54, 1.807) is 6.07 Å². The fraction of sp³-hybridized carbons (Fsp3) is 0.0769. The standard InChI is InChI=1S/C13H11BrClFN2O2S/c14-9-2-4-12(17)13(6-9)21(19,20)18-7-8-1-3-11(16)10(15)5-8/h1-6,18H,7,17H2. The summed E-state index contributed by atoms with van der Waals surface area (Å²) in [5.41, 5.74) is 6.36. The maximum absolute atomic E-state index is 13.0. The number of sulfonamides is 1. The molecule has 0 saturated heterocycles. The molecule has 112 valence electrons. The molecular formula is C13H11BrClFN2O2S. The van der Waals surface area contributed by atoms with Gasteiger partial charge in [-0.25, -0.2) is 17.5 Å². The Hall–Kier alpha value is -1.15. The number of rotatable bonds is 4. The molecule has 21 heavy (non-hydrogen) atoms. The van der Waals surface area contributed by atoms with Gasteiger partial charge in [0, 0.05) is 11.0 Å². The van der Waals surface area contributed by atoms with Crippen LogP contribution in [0.2, 0.25) is 5.02 Å². The van der Waals surface area contributed by atoms with Crippen LogP contribution in [0.5, 0.6) is 0 Å². The lowest BCUT2D eigenvalue weighted by molar-refractivity contribution is 0.581. The van der Waals surface area contributed by atoms with Crippen molar-refractivity contribution in [2.45, 2.75) is 11.4 Å². The summed E-state index contributed by atoms with van der Waals surface area (Å²) in [4.78, 5) is -0.0231. The maximum atomic E-state index is 13.0. The highest BCUT2D eigenvalue weighted by Gasteiger charge is 2.17. The van der Waals surface area contributed by atoms with Crippen molar-refractivity contribution in [2.24, 2.45) is 0 Å². The van der Waals surface area contributed by atoms with Gasteiger partial charge in [0.2, 0.25) is 10.0 Å². The lowest BCUT2D eigenvalue weighted by Gasteiger charge is -2.10. The summed E-state index contributed by atoms with van der Waals surface area (Å²) >= 11 is 8.84. The zero-order valence-electron chi connectivity index (χ0n) is 10.6. The van der Waals surface area contributed by atoms with Crippen LogP contribution in [-0.2, 0) is 16.6 Å². The van der Waals surface area contributed by atoms with E-state index in [4.69, 9.17) is 17.3 Å². The quantitative estimate of drug-likeness (QED) is 0.783. The number of anilines is 1. The van der Waals surface area contributed by atoms with Gasteiger partial charge in [0.25, 0.3) is 0 Å². The molecule has 0 saturated carbocycles. The summed E-state index contributed by atoms with van der Waals surface area (Å²) < 4.78 is 40.5. The Morgan fingerprint density at radius 3 is 2.62 bits per heavy atom. The van der Waals surface area contributed by atoms with E-state index in [0.717, 1.165) is 0 Å². The highest BCUT2D eigenvalue weighted by Crippen LogP contribution is 2.23. The predicted molar refractivity (Wildman–Crippen MR) is 84.0 cm³/mol. The molecule has 2 aromatic rings. The van der Waals surface area contributed by atoms with Gasteiger partial charge in [-0.2, -0.15) is 0 Å². The first-order valence-electron chi connectivity index (χ1n) is 5.78. The fourth-order valence-electron chi connectivity index (χ4n) is 1.65. The highest BCUT2D eigenvalue weighted by molar-refractivity contribution is 9.10. The van der Waals surface area contributed by atoms with Crippen molar-refractivity contribution in [1.82, 2.24) is 4.72 Å². The molecule has 0 unspecified atom stereocenters. The van der Waals surface area contributed by atoms with E-state index >= 15 is 0 Å². The Bertz CT molecular complexity index is 784. The van der Waals surface area contributed by atoms with Crippen LogP contribution in [0.15, 0.2) is 45.8 Å². The molecule has 0 aliphatic heterocycles. The molecule has 0 atom stereocenters. The number of hydrogen-bond acceptors (Lipinski definition) is 3. The second-order valence-electron chi connectivity index (χ2n) is 4.26. The zero-order chi connectivity index (χ0) is 15.6. The largest absolute Gasteiger partial charge is 0.398 e. The second kappa shape index (κ2) is 6.31. The van der Waals surface area contributed by atoms with Gasteiger partial charge in [-0.3, -0.25) is 0 Å². The van der Waals surface area contributed by atoms with Gasteiger partial charge in [-0.05, 0) is 35.9 Å². The van der Waals surface area contributed by atoms with E-state index in [0.29, 0.717) is 10.0 Å². The minimum atomic E-state index is -3.78. The third kappa shape index (κ3) is 3.94. The van der Waals surface area contributed by atoms with Crippen LogP contribution in [0.25, 0.3) is 0 Å². The van der Waals surface area contributed by atoms with Gasteiger partial charge in [0.05, 0.1) is 10.7 Å². The van der Waals surface area contributed by atoms with Crippen molar-refractivity contribution in [3.8, 4) is 0 Å². The van der Waals surface area contributed by atoms with Crippen molar-refractivity contribution < 1.29 is 12.8 Å². The molecule has 0 heterocycles. The molecule has 0 bridgehead atoms. The summed E-state index contributed by atoms with van der Waals surface area (Å²) in [6.07, 6.45) is 0. The van der Waals surface area contributed by atoms with E-state index in [-0.39, 0.29) is 22.2 Å². The lowest BCUT2D eigenvalue weighted by Crippen LogP contribution is -2.24. The van der Waals surface area contributed by atoms with Gasteiger partial charge >= 0.3 is 0 Å². The van der Waals surface area contributed by atoms with E-state index < -0.39 is 15.8 Å². The molecule has 0 spiro atoms. The van der Waals surface area contributed by atoms with Crippen LogP contribution in [0.4, 0.5) is 10.1 Å². The Morgan fingerprint density at radius 1 is 1.24 bits per heavy atom. The molecule has 0 aliphatic carbocycles. The van der Waals surface area contributed by atoms with Crippen LogP contribution in [0.3, 0.4) is 0 Å². The number of nitrogen functional groups attached to an aromatic ring is 1. The second-order valence-corrected chi connectivity index (χ2v) is 7.31. The first-order valence-corrected chi connectivity index (χ1v) is 8.43. The van der Waals surface area contributed by atoms with E-state index in [9.17, 15) is 12.8 Å². The molecule has 8 heteroatoms. The fourth-order valence-corrected chi connectivity index (χ4v) is 3.54. The molecule has 2 rings (SSSR count). The summed E-state index contributed by atoms with van der Waals surface area (Å²) in [5, 5.41) is -0.0614. The molecular weight excluding hydrogens is 383 g/mol. The van der Waals surface area contributed by atoms with Gasteiger partial charge in [0.15, 0.2) is 0 Å². The van der Waals surface area contributed by atoms with Crippen molar-refractivity contribution in [3.05, 3.63) is 57.3 Å². The first-order chi connectivity index (χ1) is 9.79. The van der Waals surface area contributed by atoms with Gasteiger partial charge in [-0.15, -0.1) is 0 Å². The Morgan fingerprint density at radius 2 is 1.95 bits per heavy atom. The average molecular weight is 394 g/mol. The van der Waals surface area contributed by atoms with E-state index in [1.807, 2.05) is 0 Å². The van der Waals surface area contributed by atoms with Crippen LogP contribution in [0.1, 0.15) is 5.56 Å². The van der Waals surface area contributed by atoms with E-state index in [1.165, 1.54) is 30.3 Å². The lowest BCUT2D eigenvalue weighted by atomic mass is 10.2. The first kappa shape index (κ1) is 16.2. The molecule has 3 N–H and O–H groups in total. The summed E-state index contributed by atoms with van der Waals surface area (Å²) in [6, 6.07) is 8.55. The van der Waals surface area contributed by atoms with Gasteiger partial charge < -0.3 is 5.73 Å². The molecule has 0 aromatic heterocycles.